The van der Waals surface area contributed by atoms with Gasteiger partial charge in [-0.1, -0.05) is 42.5 Å². The van der Waals surface area contributed by atoms with E-state index in [-0.39, 0.29) is 17.1 Å². The summed E-state index contributed by atoms with van der Waals surface area (Å²) < 4.78 is 5.74. The molecular formula is C20H17N3O4. The number of aromatic carboxylic acids is 1. The number of carboxylic acids is 1. The topological polar surface area (TPSA) is 101 Å². The maximum atomic E-state index is 12.3. The molecule has 0 radical (unpaired) electrons. The van der Waals surface area contributed by atoms with Crippen LogP contribution in [0.2, 0.25) is 0 Å². The quantitative estimate of drug-likeness (QED) is 0.614. The van der Waals surface area contributed by atoms with Crippen LogP contribution in [-0.4, -0.2) is 22.1 Å². The van der Waals surface area contributed by atoms with E-state index in [0.717, 1.165) is 5.56 Å². The monoisotopic (exact) mass is 363 g/mol. The number of carbonyl (C=O) groups excluding carboxylic acids is 1. The summed E-state index contributed by atoms with van der Waals surface area (Å²) in [5, 5.41) is 14.3. The minimum Gasteiger partial charge on any atom is -0.485 e. The van der Waals surface area contributed by atoms with Gasteiger partial charge in [0, 0.05) is 6.20 Å². The number of anilines is 2. The third-order valence-corrected chi connectivity index (χ3v) is 3.65. The van der Waals surface area contributed by atoms with Crippen molar-refractivity contribution in [2.45, 2.75) is 6.61 Å². The molecular weight excluding hydrogens is 346 g/mol. The van der Waals surface area contributed by atoms with Gasteiger partial charge in [-0.05, 0) is 29.8 Å². The number of carbonyl (C=O) groups is 2. The molecule has 0 fully saturated rings. The first kappa shape index (κ1) is 17.9. The molecule has 0 aliphatic heterocycles. The van der Waals surface area contributed by atoms with Crippen molar-refractivity contribution in [3.05, 3.63) is 84.1 Å². The number of nitrogens with one attached hydrogen (secondary N) is 2. The third kappa shape index (κ3) is 4.82. The average molecular weight is 363 g/mol. The van der Waals surface area contributed by atoms with Gasteiger partial charge in [0.1, 0.15) is 6.61 Å². The molecule has 0 saturated heterocycles. The van der Waals surface area contributed by atoms with E-state index in [0.29, 0.717) is 12.4 Å². The SMILES string of the molecule is O=C(Nc1ccccc1C(=O)O)Nc1ncccc1OCc1ccccc1. The van der Waals surface area contributed by atoms with Gasteiger partial charge < -0.3 is 15.2 Å². The van der Waals surface area contributed by atoms with E-state index in [4.69, 9.17) is 4.74 Å². The van der Waals surface area contributed by atoms with Gasteiger partial charge in [-0.25, -0.2) is 14.6 Å². The second-order valence-electron chi connectivity index (χ2n) is 5.55. The Morgan fingerprint density at radius 1 is 0.926 bits per heavy atom. The molecule has 1 aromatic heterocycles. The lowest BCUT2D eigenvalue weighted by molar-refractivity contribution is 0.0698. The van der Waals surface area contributed by atoms with Crippen LogP contribution in [0.5, 0.6) is 5.75 Å². The first-order valence-electron chi connectivity index (χ1n) is 8.15. The molecule has 7 heteroatoms. The highest BCUT2D eigenvalue weighted by Crippen LogP contribution is 2.23. The van der Waals surface area contributed by atoms with Crippen LogP contribution in [0.15, 0.2) is 72.9 Å². The van der Waals surface area contributed by atoms with Crippen molar-refractivity contribution in [3.8, 4) is 5.75 Å². The van der Waals surface area contributed by atoms with Crippen molar-refractivity contribution in [3.63, 3.8) is 0 Å². The Morgan fingerprint density at radius 3 is 2.44 bits per heavy atom. The number of aromatic nitrogens is 1. The van der Waals surface area contributed by atoms with Gasteiger partial charge >= 0.3 is 12.0 Å². The summed E-state index contributed by atoms with van der Waals surface area (Å²) >= 11 is 0. The van der Waals surface area contributed by atoms with Crippen molar-refractivity contribution < 1.29 is 19.4 Å². The molecule has 0 saturated carbocycles. The Kier molecular flexibility index (Phi) is 5.64. The molecule has 2 amide bonds. The summed E-state index contributed by atoms with van der Waals surface area (Å²) in [4.78, 5) is 27.6. The lowest BCUT2D eigenvalue weighted by Crippen LogP contribution is -2.22. The summed E-state index contributed by atoms with van der Waals surface area (Å²) in [5.74, 6) is -0.489. The third-order valence-electron chi connectivity index (χ3n) is 3.65. The van der Waals surface area contributed by atoms with Crippen LogP contribution in [0, 0.1) is 0 Å². The minimum absolute atomic E-state index is 0.00535. The highest BCUT2D eigenvalue weighted by atomic mass is 16.5. The Balaban J connectivity index is 1.69. The normalized spacial score (nSPS) is 10.1. The molecule has 1 heterocycles. The molecule has 27 heavy (non-hydrogen) atoms. The minimum atomic E-state index is -1.13. The number of pyridine rings is 1. The summed E-state index contributed by atoms with van der Waals surface area (Å²) in [6, 6.07) is 18.5. The van der Waals surface area contributed by atoms with Gasteiger partial charge in [0.25, 0.3) is 0 Å². The number of amides is 2. The molecule has 3 aromatic rings. The fourth-order valence-corrected chi connectivity index (χ4v) is 2.38. The van der Waals surface area contributed by atoms with Crippen molar-refractivity contribution >= 4 is 23.5 Å². The number of nitrogens with zero attached hydrogens (tertiary/aromatic N) is 1. The van der Waals surface area contributed by atoms with Crippen molar-refractivity contribution in [1.82, 2.24) is 4.98 Å². The zero-order valence-corrected chi connectivity index (χ0v) is 14.3. The van der Waals surface area contributed by atoms with E-state index in [1.54, 1.807) is 24.3 Å². The van der Waals surface area contributed by atoms with Crippen LogP contribution >= 0.6 is 0 Å². The largest absolute Gasteiger partial charge is 0.485 e. The number of rotatable bonds is 6. The smallest absolute Gasteiger partial charge is 0.337 e. The predicted molar refractivity (Wildman–Crippen MR) is 101 cm³/mol. The molecule has 2 aromatic carbocycles. The lowest BCUT2D eigenvalue weighted by atomic mass is 10.2. The first-order chi connectivity index (χ1) is 13.1. The number of urea groups is 1. The molecule has 3 N–H and O–H groups in total. The van der Waals surface area contributed by atoms with Crippen LogP contribution in [0.25, 0.3) is 0 Å². The number of para-hydroxylation sites is 1. The summed E-state index contributed by atoms with van der Waals surface area (Å²) in [7, 11) is 0. The van der Waals surface area contributed by atoms with Crippen molar-refractivity contribution in [2.75, 3.05) is 10.6 Å². The fraction of sp³-hybridized carbons (Fsp3) is 0.0500. The summed E-state index contributed by atoms with van der Waals surface area (Å²) in [6.07, 6.45) is 1.52. The van der Waals surface area contributed by atoms with E-state index >= 15 is 0 Å². The molecule has 0 atom stereocenters. The van der Waals surface area contributed by atoms with Crippen molar-refractivity contribution in [1.29, 1.82) is 0 Å². The van der Waals surface area contributed by atoms with E-state index in [1.165, 1.54) is 18.3 Å². The van der Waals surface area contributed by atoms with Gasteiger partial charge in [0.05, 0.1) is 11.3 Å². The number of hydrogen-bond donors (Lipinski definition) is 3. The van der Waals surface area contributed by atoms with Crippen molar-refractivity contribution in [2.24, 2.45) is 0 Å². The van der Waals surface area contributed by atoms with Crippen LogP contribution in [0.1, 0.15) is 15.9 Å². The van der Waals surface area contributed by atoms with E-state index in [1.807, 2.05) is 30.3 Å². The van der Waals surface area contributed by atoms with E-state index < -0.39 is 12.0 Å². The van der Waals surface area contributed by atoms with Crippen LogP contribution in [0.3, 0.4) is 0 Å². The number of hydrogen-bond acceptors (Lipinski definition) is 4. The number of ether oxygens (including phenoxy) is 1. The molecule has 0 spiro atoms. The van der Waals surface area contributed by atoms with Gasteiger partial charge in [-0.2, -0.15) is 0 Å². The van der Waals surface area contributed by atoms with Crippen LogP contribution in [-0.2, 0) is 6.61 Å². The Hall–Kier alpha value is -3.87. The van der Waals surface area contributed by atoms with Gasteiger partial charge in [0.2, 0.25) is 0 Å². The molecule has 0 bridgehead atoms. The Bertz CT molecular complexity index is 945. The maximum absolute atomic E-state index is 12.3. The number of carboxylic acid groups (broad SMARTS) is 1. The Labute approximate surface area is 155 Å². The van der Waals surface area contributed by atoms with E-state index in [9.17, 15) is 14.7 Å². The second kappa shape index (κ2) is 8.48. The lowest BCUT2D eigenvalue weighted by Gasteiger charge is -2.13. The van der Waals surface area contributed by atoms with Crippen LogP contribution in [0.4, 0.5) is 16.3 Å². The highest BCUT2D eigenvalue weighted by Gasteiger charge is 2.13. The fourth-order valence-electron chi connectivity index (χ4n) is 2.38. The predicted octanol–water partition coefficient (Wildman–Crippen LogP) is 4.00. The maximum Gasteiger partial charge on any atom is 0.337 e. The zero-order chi connectivity index (χ0) is 19.1. The molecule has 0 aliphatic carbocycles. The molecule has 0 unspecified atom stereocenters. The molecule has 3 rings (SSSR count). The summed E-state index contributed by atoms with van der Waals surface area (Å²) in [6.45, 7) is 0.324. The number of benzene rings is 2. The second-order valence-corrected chi connectivity index (χ2v) is 5.55. The first-order valence-corrected chi connectivity index (χ1v) is 8.15. The molecule has 0 aliphatic rings. The standard InChI is InChI=1S/C20H17N3O4/c24-19(25)15-9-4-5-10-16(15)22-20(26)23-18-17(11-6-12-21-18)27-13-14-7-2-1-3-8-14/h1-12H,13H2,(H,24,25)(H2,21,22,23,26). The van der Waals surface area contributed by atoms with Gasteiger partial charge in [0.15, 0.2) is 11.6 Å². The Morgan fingerprint density at radius 2 is 1.67 bits per heavy atom. The van der Waals surface area contributed by atoms with Gasteiger partial charge in [-0.15, -0.1) is 0 Å². The average Bonchev–Trinajstić information content (AvgIpc) is 2.68. The highest BCUT2D eigenvalue weighted by molar-refractivity contribution is 6.04. The zero-order valence-electron chi connectivity index (χ0n) is 14.3. The van der Waals surface area contributed by atoms with E-state index in [2.05, 4.69) is 15.6 Å². The van der Waals surface area contributed by atoms with Gasteiger partial charge in [-0.3, -0.25) is 5.32 Å². The molecule has 7 nitrogen and oxygen atoms in total. The summed E-state index contributed by atoms with van der Waals surface area (Å²) in [5.41, 5.74) is 1.16. The molecule has 136 valence electrons. The van der Waals surface area contributed by atoms with Crippen LogP contribution < -0.4 is 15.4 Å².